The lowest BCUT2D eigenvalue weighted by atomic mass is 10.1. The highest BCUT2D eigenvalue weighted by Crippen LogP contribution is 2.35. The first kappa shape index (κ1) is 10.2. The molecule has 0 spiro atoms. The topological polar surface area (TPSA) is 20.2 Å². The van der Waals surface area contributed by atoms with Gasteiger partial charge in [-0.1, -0.05) is 6.07 Å². The molecule has 0 fully saturated rings. The summed E-state index contributed by atoms with van der Waals surface area (Å²) in [5, 5.41) is 8.98. The van der Waals surface area contributed by atoms with Gasteiger partial charge in [0, 0.05) is 5.88 Å². The highest BCUT2D eigenvalue weighted by Gasteiger charge is 2.33. The van der Waals surface area contributed by atoms with Crippen LogP contribution in [0.5, 0.6) is 5.75 Å². The number of phenolic OH excluding ortho intramolecular Hbond substituents is 1. The van der Waals surface area contributed by atoms with Gasteiger partial charge >= 0.3 is 6.18 Å². The van der Waals surface area contributed by atoms with Gasteiger partial charge in [0.25, 0.3) is 0 Å². The van der Waals surface area contributed by atoms with Crippen LogP contribution in [0.1, 0.15) is 11.1 Å². The molecule has 5 heteroatoms. The Morgan fingerprint density at radius 1 is 1.31 bits per heavy atom. The van der Waals surface area contributed by atoms with Crippen molar-refractivity contribution in [2.45, 2.75) is 12.1 Å². The molecule has 13 heavy (non-hydrogen) atoms. The Hall–Kier alpha value is -0.900. The molecule has 0 aliphatic carbocycles. The summed E-state index contributed by atoms with van der Waals surface area (Å²) in [6, 6.07) is 3.05. The second-order valence-electron chi connectivity index (χ2n) is 2.48. The van der Waals surface area contributed by atoms with E-state index >= 15 is 0 Å². The number of rotatable bonds is 1. The molecule has 1 nitrogen and oxygen atoms in total. The fourth-order valence-electron chi connectivity index (χ4n) is 0.900. The van der Waals surface area contributed by atoms with E-state index in [9.17, 15) is 13.2 Å². The molecule has 0 aromatic heterocycles. The number of hydrogen-bond donors (Lipinski definition) is 1. The average molecular weight is 211 g/mol. The summed E-state index contributed by atoms with van der Waals surface area (Å²) >= 11 is 5.37. The van der Waals surface area contributed by atoms with Crippen LogP contribution in [-0.2, 0) is 12.1 Å². The molecule has 0 bridgehead atoms. The van der Waals surface area contributed by atoms with Crippen LogP contribution in [0.4, 0.5) is 13.2 Å². The van der Waals surface area contributed by atoms with Crippen LogP contribution in [-0.4, -0.2) is 5.11 Å². The third-order valence-corrected chi connectivity index (χ3v) is 1.83. The number of alkyl halides is 4. The van der Waals surface area contributed by atoms with Crippen molar-refractivity contribution in [1.29, 1.82) is 0 Å². The van der Waals surface area contributed by atoms with Gasteiger partial charge in [0.15, 0.2) is 0 Å². The lowest BCUT2D eigenvalue weighted by molar-refractivity contribution is -0.138. The second-order valence-corrected chi connectivity index (χ2v) is 2.75. The van der Waals surface area contributed by atoms with E-state index in [0.717, 1.165) is 12.1 Å². The van der Waals surface area contributed by atoms with Crippen molar-refractivity contribution in [3.8, 4) is 5.75 Å². The second kappa shape index (κ2) is 3.46. The Bertz CT molecular complexity index is 309. The molecular formula is C8H6ClF3O. The van der Waals surface area contributed by atoms with Gasteiger partial charge in [-0.15, -0.1) is 11.6 Å². The molecule has 1 aromatic rings. The minimum Gasteiger partial charge on any atom is -0.507 e. The Kier molecular flexibility index (Phi) is 2.71. The third-order valence-electron chi connectivity index (χ3n) is 1.52. The van der Waals surface area contributed by atoms with E-state index in [4.69, 9.17) is 16.7 Å². The van der Waals surface area contributed by atoms with Crippen LogP contribution in [0.3, 0.4) is 0 Å². The first-order valence-corrected chi connectivity index (χ1v) is 3.93. The molecule has 1 rings (SSSR count). The number of hydrogen-bond acceptors (Lipinski definition) is 1. The van der Waals surface area contributed by atoms with E-state index in [1.54, 1.807) is 0 Å². The van der Waals surface area contributed by atoms with Crippen molar-refractivity contribution in [1.82, 2.24) is 0 Å². The monoisotopic (exact) mass is 210 g/mol. The zero-order valence-corrected chi connectivity index (χ0v) is 7.15. The van der Waals surface area contributed by atoms with Crippen molar-refractivity contribution in [3.05, 3.63) is 29.3 Å². The zero-order chi connectivity index (χ0) is 10.1. The summed E-state index contributed by atoms with van der Waals surface area (Å²) in [6.07, 6.45) is -4.52. The van der Waals surface area contributed by atoms with Crippen molar-refractivity contribution >= 4 is 11.6 Å². The van der Waals surface area contributed by atoms with Crippen LogP contribution < -0.4 is 0 Å². The SMILES string of the molecule is Oc1cc(CCl)ccc1C(F)(F)F. The van der Waals surface area contributed by atoms with Crippen LogP contribution in [0.15, 0.2) is 18.2 Å². The Balaban J connectivity index is 3.13. The molecule has 0 unspecified atom stereocenters. The van der Waals surface area contributed by atoms with E-state index in [1.807, 2.05) is 0 Å². The van der Waals surface area contributed by atoms with Crippen LogP contribution >= 0.6 is 11.6 Å². The van der Waals surface area contributed by atoms with Gasteiger partial charge in [-0.2, -0.15) is 13.2 Å². The largest absolute Gasteiger partial charge is 0.507 e. The molecule has 0 amide bonds. The molecule has 0 radical (unpaired) electrons. The fraction of sp³-hybridized carbons (Fsp3) is 0.250. The third kappa shape index (κ3) is 2.28. The van der Waals surface area contributed by atoms with Gasteiger partial charge < -0.3 is 5.11 Å². The summed E-state index contributed by atoms with van der Waals surface area (Å²) in [5.41, 5.74) is -0.589. The maximum atomic E-state index is 12.1. The normalized spacial score (nSPS) is 11.7. The molecule has 72 valence electrons. The van der Waals surface area contributed by atoms with Gasteiger partial charge in [-0.3, -0.25) is 0 Å². The molecule has 0 saturated carbocycles. The summed E-state index contributed by atoms with van der Waals surface area (Å²) in [5.74, 6) is -0.711. The quantitative estimate of drug-likeness (QED) is 0.706. The lowest BCUT2D eigenvalue weighted by Crippen LogP contribution is -2.05. The predicted octanol–water partition coefficient (Wildman–Crippen LogP) is 3.15. The van der Waals surface area contributed by atoms with E-state index in [1.165, 1.54) is 6.07 Å². The van der Waals surface area contributed by atoms with E-state index in [0.29, 0.717) is 5.56 Å². The molecular weight excluding hydrogens is 205 g/mol. The zero-order valence-electron chi connectivity index (χ0n) is 6.40. The molecule has 0 aliphatic heterocycles. The van der Waals surface area contributed by atoms with Gasteiger partial charge in [-0.05, 0) is 17.7 Å². The number of halogens is 4. The van der Waals surface area contributed by atoms with Gasteiger partial charge in [0.2, 0.25) is 0 Å². The van der Waals surface area contributed by atoms with Crippen LogP contribution in [0.25, 0.3) is 0 Å². The number of phenols is 1. The van der Waals surface area contributed by atoms with Gasteiger partial charge in [0.1, 0.15) is 5.75 Å². The first-order chi connectivity index (χ1) is 5.95. The highest BCUT2D eigenvalue weighted by atomic mass is 35.5. The summed E-state index contributed by atoms with van der Waals surface area (Å²) in [7, 11) is 0. The van der Waals surface area contributed by atoms with E-state index in [-0.39, 0.29) is 5.88 Å². The minimum atomic E-state index is -4.52. The van der Waals surface area contributed by atoms with E-state index in [2.05, 4.69) is 0 Å². The molecule has 1 aromatic carbocycles. The van der Waals surface area contributed by atoms with Crippen molar-refractivity contribution in [3.63, 3.8) is 0 Å². The number of benzene rings is 1. The Morgan fingerprint density at radius 3 is 2.31 bits per heavy atom. The van der Waals surface area contributed by atoms with E-state index < -0.39 is 17.5 Å². The van der Waals surface area contributed by atoms with Crippen molar-refractivity contribution in [2.24, 2.45) is 0 Å². The Labute approximate surface area is 77.8 Å². The van der Waals surface area contributed by atoms with Gasteiger partial charge in [-0.25, -0.2) is 0 Å². The standard InChI is InChI=1S/C8H6ClF3O/c9-4-5-1-2-6(7(13)3-5)8(10,11)12/h1-3,13H,4H2. The molecule has 0 saturated heterocycles. The molecule has 0 atom stereocenters. The molecule has 1 N–H and O–H groups in total. The predicted molar refractivity (Wildman–Crippen MR) is 42.7 cm³/mol. The highest BCUT2D eigenvalue weighted by molar-refractivity contribution is 6.17. The van der Waals surface area contributed by atoms with Crippen LogP contribution in [0, 0.1) is 0 Å². The maximum absolute atomic E-state index is 12.1. The fourth-order valence-corrected chi connectivity index (χ4v) is 1.07. The van der Waals surface area contributed by atoms with Crippen molar-refractivity contribution in [2.75, 3.05) is 0 Å². The Morgan fingerprint density at radius 2 is 1.92 bits per heavy atom. The molecule has 0 aliphatic rings. The number of aromatic hydroxyl groups is 1. The van der Waals surface area contributed by atoms with Crippen LogP contribution in [0.2, 0.25) is 0 Å². The minimum absolute atomic E-state index is 0.0751. The summed E-state index contributed by atoms with van der Waals surface area (Å²) in [4.78, 5) is 0. The maximum Gasteiger partial charge on any atom is 0.419 e. The first-order valence-electron chi connectivity index (χ1n) is 3.40. The van der Waals surface area contributed by atoms with Gasteiger partial charge in [0.05, 0.1) is 5.56 Å². The smallest absolute Gasteiger partial charge is 0.419 e. The van der Waals surface area contributed by atoms with Crippen molar-refractivity contribution < 1.29 is 18.3 Å². The molecule has 0 heterocycles. The lowest BCUT2D eigenvalue weighted by Gasteiger charge is -2.09. The average Bonchev–Trinajstić information content (AvgIpc) is 2.01. The summed E-state index contributed by atoms with van der Waals surface area (Å²) < 4.78 is 36.3. The summed E-state index contributed by atoms with van der Waals surface area (Å²) in [6.45, 7) is 0.